The summed E-state index contributed by atoms with van der Waals surface area (Å²) in [6, 6.07) is 4.46. The predicted octanol–water partition coefficient (Wildman–Crippen LogP) is 1.83. The molecule has 0 bridgehead atoms. The molecule has 6 nitrogen and oxygen atoms in total. The second-order valence-corrected chi connectivity index (χ2v) is 5.17. The minimum absolute atomic E-state index is 0.00871. The summed E-state index contributed by atoms with van der Waals surface area (Å²) in [6.07, 6.45) is -4.94. The van der Waals surface area contributed by atoms with Crippen LogP contribution < -0.4 is 4.74 Å². The van der Waals surface area contributed by atoms with E-state index in [1.54, 1.807) is 0 Å². The van der Waals surface area contributed by atoms with Crippen molar-refractivity contribution >= 4 is 11.9 Å². The number of halogens is 3. The van der Waals surface area contributed by atoms with Crippen molar-refractivity contribution in [3.05, 3.63) is 29.8 Å². The molecule has 0 unspecified atom stereocenters. The minimum Gasteiger partial charge on any atom is -0.480 e. The van der Waals surface area contributed by atoms with E-state index in [-0.39, 0.29) is 43.9 Å². The van der Waals surface area contributed by atoms with Gasteiger partial charge in [0.05, 0.1) is 13.2 Å². The van der Waals surface area contributed by atoms with Crippen LogP contribution >= 0.6 is 0 Å². The first-order chi connectivity index (χ1) is 11.3. The fraction of sp³-hybridized carbons (Fsp3) is 0.467. The summed E-state index contributed by atoms with van der Waals surface area (Å²) in [7, 11) is 0. The van der Waals surface area contributed by atoms with Gasteiger partial charge in [0.1, 0.15) is 5.75 Å². The Morgan fingerprint density at radius 1 is 1.33 bits per heavy atom. The highest BCUT2D eigenvalue weighted by Gasteiger charge is 2.33. The molecule has 0 aliphatic carbocycles. The average molecular weight is 347 g/mol. The molecule has 132 valence electrons. The van der Waals surface area contributed by atoms with E-state index in [4.69, 9.17) is 9.84 Å². The quantitative estimate of drug-likeness (QED) is 0.879. The van der Waals surface area contributed by atoms with Crippen molar-refractivity contribution < 1.29 is 37.3 Å². The number of morpholine rings is 1. The van der Waals surface area contributed by atoms with E-state index < -0.39 is 24.3 Å². The molecule has 9 heteroatoms. The van der Waals surface area contributed by atoms with Crippen LogP contribution in [0.3, 0.4) is 0 Å². The number of alkyl halides is 3. The zero-order valence-corrected chi connectivity index (χ0v) is 12.6. The summed E-state index contributed by atoms with van der Waals surface area (Å²) in [4.78, 5) is 24.5. The van der Waals surface area contributed by atoms with Crippen molar-refractivity contribution in [2.45, 2.75) is 25.2 Å². The molecular weight excluding hydrogens is 331 g/mol. The van der Waals surface area contributed by atoms with Gasteiger partial charge in [-0.05, 0) is 18.1 Å². The fourth-order valence-electron chi connectivity index (χ4n) is 2.43. The number of benzene rings is 1. The summed E-state index contributed by atoms with van der Waals surface area (Å²) >= 11 is 0. The van der Waals surface area contributed by atoms with E-state index >= 15 is 0 Å². The van der Waals surface area contributed by atoms with Crippen LogP contribution in [0.25, 0.3) is 0 Å². The van der Waals surface area contributed by atoms with Crippen LogP contribution in [0, 0.1) is 0 Å². The normalized spacial score (nSPS) is 18.3. The van der Waals surface area contributed by atoms with Gasteiger partial charge in [-0.25, -0.2) is 4.79 Å². The van der Waals surface area contributed by atoms with Crippen LogP contribution in [0.4, 0.5) is 13.2 Å². The lowest BCUT2D eigenvalue weighted by Gasteiger charge is -2.33. The Morgan fingerprint density at radius 3 is 2.71 bits per heavy atom. The highest BCUT2D eigenvalue weighted by molar-refractivity contribution is 5.84. The fourth-order valence-corrected chi connectivity index (χ4v) is 2.43. The number of nitrogens with zero attached hydrogens (tertiary/aromatic N) is 1. The lowest BCUT2D eigenvalue weighted by Crippen LogP contribution is -2.52. The molecule has 1 fully saturated rings. The first-order valence-corrected chi connectivity index (χ1v) is 7.21. The molecule has 1 N–H and O–H groups in total. The molecule has 0 radical (unpaired) electrons. The van der Waals surface area contributed by atoms with Crippen molar-refractivity contribution in [3.63, 3.8) is 0 Å². The number of para-hydroxylation sites is 1. The summed E-state index contributed by atoms with van der Waals surface area (Å²) in [5.41, 5.74) is 0.225. The third-order valence-electron chi connectivity index (χ3n) is 3.54. The maximum absolute atomic E-state index is 12.4. The number of carbonyl (C=O) groups excluding carboxylic acids is 1. The van der Waals surface area contributed by atoms with Gasteiger partial charge in [-0.3, -0.25) is 4.79 Å². The zero-order valence-electron chi connectivity index (χ0n) is 12.6. The number of hydrogen-bond acceptors (Lipinski definition) is 4. The van der Waals surface area contributed by atoms with Gasteiger partial charge < -0.3 is 19.5 Å². The lowest BCUT2D eigenvalue weighted by atomic mass is 10.1. The Morgan fingerprint density at radius 2 is 2.04 bits per heavy atom. The number of ether oxygens (including phenoxy) is 2. The van der Waals surface area contributed by atoms with Crippen molar-refractivity contribution in [2.75, 3.05) is 19.8 Å². The largest absolute Gasteiger partial charge is 0.573 e. The molecule has 0 saturated carbocycles. The Bertz CT molecular complexity index is 605. The average Bonchev–Trinajstić information content (AvgIpc) is 2.52. The SMILES string of the molecule is O=C(O)[C@@H]1COCCN1C(=O)CCc1ccccc1OC(F)(F)F. The van der Waals surface area contributed by atoms with Crippen molar-refractivity contribution in [2.24, 2.45) is 0 Å². The van der Waals surface area contributed by atoms with Gasteiger partial charge in [0, 0.05) is 13.0 Å². The zero-order chi connectivity index (χ0) is 17.7. The second kappa shape index (κ2) is 7.52. The summed E-state index contributed by atoms with van der Waals surface area (Å²) in [6.45, 7) is 0.259. The van der Waals surface area contributed by atoms with Crippen LogP contribution in [-0.2, 0) is 20.7 Å². The van der Waals surface area contributed by atoms with Crippen LogP contribution in [0.1, 0.15) is 12.0 Å². The summed E-state index contributed by atoms with van der Waals surface area (Å²) in [5, 5.41) is 9.10. The summed E-state index contributed by atoms with van der Waals surface area (Å²) < 4.78 is 46.1. The third-order valence-corrected chi connectivity index (χ3v) is 3.54. The molecule has 0 aromatic heterocycles. The number of hydrogen-bond donors (Lipinski definition) is 1. The number of carboxylic acids is 1. The Balaban J connectivity index is 2.02. The lowest BCUT2D eigenvalue weighted by molar-refractivity contribution is -0.274. The number of carboxylic acid groups (broad SMARTS) is 1. The highest BCUT2D eigenvalue weighted by Crippen LogP contribution is 2.27. The molecule has 24 heavy (non-hydrogen) atoms. The van der Waals surface area contributed by atoms with Gasteiger partial charge in [-0.1, -0.05) is 18.2 Å². The van der Waals surface area contributed by atoms with Crippen LogP contribution in [0.15, 0.2) is 24.3 Å². The van der Waals surface area contributed by atoms with Crippen molar-refractivity contribution in [1.29, 1.82) is 0 Å². The van der Waals surface area contributed by atoms with E-state index in [1.807, 2.05) is 0 Å². The monoisotopic (exact) mass is 347 g/mol. The van der Waals surface area contributed by atoms with Gasteiger partial charge in [0.25, 0.3) is 0 Å². The van der Waals surface area contributed by atoms with E-state index in [0.717, 1.165) is 0 Å². The number of aliphatic carboxylic acids is 1. The Hall–Kier alpha value is -2.29. The van der Waals surface area contributed by atoms with E-state index in [1.165, 1.54) is 29.2 Å². The molecule has 1 amide bonds. The van der Waals surface area contributed by atoms with E-state index in [0.29, 0.717) is 0 Å². The van der Waals surface area contributed by atoms with Gasteiger partial charge >= 0.3 is 12.3 Å². The standard InChI is InChI=1S/C15H16F3NO5/c16-15(17,18)24-12-4-2-1-3-10(12)5-6-13(20)19-7-8-23-9-11(19)14(21)22/h1-4,11H,5-9H2,(H,21,22)/t11-/m0/s1. The maximum Gasteiger partial charge on any atom is 0.573 e. The number of aryl methyl sites for hydroxylation is 1. The van der Waals surface area contributed by atoms with E-state index in [2.05, 4.69) is 4.74 Å². The molecular formula is C15H16F3NO5. The summed E-state index contributed by atoms with van der Waals surface area (Å²) in [5.74, 6) is -1.99. The van der Waals surface area contributed by atoms with Gasteiger partial charge in [0.15, 0.2) is 6.04 Å². The van der Waals surface area contributed by atoms with Gasteiger partial charge in [-0.2, -0.15) is 0 Å². The molecule has 1 aromatic rings. The molecule has 1 heterocycles. The molecule has 2 rings (SSSR count). The first kappa shape index (κ1) is 18.1. The molecule has 1 saturated heterocycles. The molecule has 1 aliphatic rings. The topological polar surface area (TPSA) is 76.1 Å². The van der Waals surface area contributed by atoms with Crippen LogP contribution in [0.2, 0.25) is 0 Å². The molecule has 1 atom stereocenters. The van der Waals surface area contributed by atoms with Crippen LogP contribution in [0.5, 0.6) is 5.75 Å². The van der Waals surface area contributed by atoms with Crippen molar-refractivity contribution in [1.82, 2.24) is 4.90 Å². The number of amides is 1. The highest BCUT2D eigenvalue weighted by atomic mass is 19.4. The smallest absolute Gasteiger partial charge is 0.480 e. The molecule has 1 aliphatic heterocycles. The molecule has 1 aromatic carbocycles. The second-order valence-electron chi connectivity index (χ2n) is 5.17. The van der Waals surface area contributed by atoms with Crippen LogP contribution in [-0.4, -0.2) is 54.0 Å². The maximum atomic E-state index is 12.4. The van der Waals surface area contributed by atoms with Gasteiger partial charge in [0.2, 0.25) is 5.91 Å². The minimum atomic E-state index is -4.82. The third kappa shape index (κ3) is 4.85. The number of rotatable bonds is 5. The first-order valence-electron chi connectivity index (χ1n) is 7.21. The van der Waals surface area contributed by atoms with Crippen molar-refractivity contribution in [3.8, 4) is 5.75 Å². The predicted molar refractivity (Wildman–Crippen MR) is 75.4 cm³/mol. The molecule has 0 spiro atoms. The van der Waals surface area contributed by atoms with Gasteiger partial charge in [-0.15, -0.1) is 13.2 Å². The Kier molecular flexibility index (Phi) is 5.66. The Labute approximate surface area is 135 Å². The van der Waals surface area contributed by atoms with E-state index in [9.17, 15) is 22.8 Å². The number of carbonyl (C=O) groups is 2.